The van der Waals surface area contributed by atoms with E-state index in [2.05, 4.69) is 25.5 Å². The number of carbonyl (C=O) groups excluding carboxylic acids is 1. The highest BCUT2D eigenvalue weighted by Gasteiger charge is 2.32. The molecule has 4 aromatic rings. The van der Waals surface area contributed by atoms with Crippen LogP contribution in [0, 0.1) is 0 Å². The van der Waals surface area contributed by atoms with Crippen molar-refractivity contribution in [3.8, 4) is 11.3 Å². The number of amides is 1. The Morgan fingerprint density at radius 3 is 2.79 bits per heavy atom. The Bertz CT molecular complexity index is 1310. The van der Waals surface area contributed by atoms with Gasteiger partial charge in [-0.05, 0) is 31.2 Å². The number of nitrogen functional groups attached to an aromatic ring is 2. The van der Waals surface area contributed by atoms with Crippen LogP contribution in [0.5, 0.6) is 0 Å². The molecule has 10 heteroatoms. The van der Waals surface area contributed by atoms with Gasteiger partial charge in [0.25, 0.3) is 5.91 Å². The number of nitrogens with zero attached hydrogens (tertiary/aromatic N) is 4. The summed E-state index contributed by atoms with van der Waals surface area (Å²) in [7, 11) is 0. The van der Waals surface area contributed by atoms with E-state index in [1.807, 2.05) is 66.4 Å². The van der Waals surface area contributed by atoms with Gasteiger partial charge in [-0.3, -0.25) is 9.89 Å². The number of fused-ring (bicyclic) bond motifs is 1. The maximum atomic E-state index is 12.8. The van der Waals surface area contributed by atoms with Crippen LogP contribution in [0.3, 0.4) is 0 Å². The number of para-hydroxylation sites is 1. The molecule has 10 nitrogen and oxygen atoms in total. The number of aromatic nitrogens is 4. The molecule has 0 aliphatic carbocycles. The molecule has 0 bridgehead atoms. The van der Waals surface area contributed by atoms with Crippen molar-refractivity contribution in [1.82, 2.24) is 20.2 Å². The van der Waals surface area contributed by atoms with Gasteiger partial charge in [-0.15, -0.1) is 0 Å². The number of nitrogens with two attached hydrogens (primary N) is 2. The van der Waals surface area contributed by atoms with Gasteiger partial charge in [0.05, 0.1) is 30.4 Å². The van der Waals surface area contributed by atoms with E-state index >= 15 is 0 Å². The molecule has 0 saturated carbocycles. The van der Waals surface area contributed by atoms with Crippen LogP contribution in [0.15, 0.2) is 54.6 Å². The Hall–Kier alpha value is -4.18. The highest BCUT2D eigenvalue weighted by atomic mass is 16.5. The van der Waals surface area contributed by atoms with E-state index in [0.717, 1.165) is 22.2 Å². The van der Waals surface area contributed by atoms with Gasteiger partial charge in [0.1, 0.15) is 5.82 Å². The molecule has 6 N–H and O–H groups in total. The lowest BCUT2D eigenvalue weighted by atomic mass is 10.1. The van der Waals surface area contributed by atoms with Crippen LogP contribution in [0.25, 0.3) is 22.2 Å². The Morgan fingerprint density at radius 2 is 1.97 bits per heavy atom. The van der Waals surface area contributed by atoms with Gasteiger partial charge in [-0.25, -0.2) is 4.98 Å². The summed E-state index contributed by atoms with van der Waals surface area (Å²) in [6, 6.07) is 16.9. The fourth-order valence-corrected chi connectivity index (χ4v) is 3.93. The molecule has 5 rings (SSSR count). The van der Waals surface area contributed by atoms with E-state index in [4.69, 9.17) is 16.2 Å². The minimum absolute atomic E-state index is 0.00260. The SMILES string of the molecule is CC1COC(C(=O)Nc2ccccc2)CN1c1cc(-c2ccc3c(N)n[nH]c3c2)nc(N)n1. The molecule has 2 unspecified atom stereocenters. The van der Waals surface area contributed by atoms with Crippen LogP contribution in [0.4, 0.5) is 23.3 Å². The quantitative estimate of drug-likeness (QED) is 0.375. The first kappa shape index (κ1) is 20.7. The lowest BCUT2D eigenvalue weighted by molar-refractivity contribution is -0.128. The molecule has 168 valence electrons. The highest BCUT2D eigenvalue weighted by molar-refractivity contribution is 5.95. The molecule has 0 radical (unpaired) electrons. The topological polar surface area (TPSA) is 148 Å². The van der Waals surface area contributed by atoms with Crippen molar-refractivity contribution in [2.24, 2.45) is 0 Å². The van der Waals surface area contributed by atoms with E-state index < -0.39 is 6.10 Å². The Balaban J connectivity index is 1.41. The van der Waals surface area contributed by atoms with Crippen molar-refractivity contribution in [2.45, 2.75) is 19.1 Å². The molecule has 2 aromatic heterocycles. The molecule has 1 aliphatic rings. The molecule has 33 heavy (non-hydrogen) atoms. The number of nitrogens with one attached hydrogen (secondary N) is 2. The third kappa shape index (κ3) is 4.15. The van der Waals surface area contributed by atoms with Crippen molar-refractivity contribution in [3.05, 3.63) is 54.6 Å². The molecular weight excluding hydrogens is 420 g/mol. The number of H-pyrrole nitrogens is 1. The standard InChI is InChI=1S/C23H24N8O2/c1-13-12-33-19(22(32)26-15-5-3-2-4-6-15)11-31(13)20-10-17(27-23(25)28-20)14-7-8-16-18(9-14)29-30-21(16)24/h2-10,13,19H,11-12H2,1H3,(H,26,32)(H3,24,29,30)(H2,25,27,28). The summed E-state index contributed by atoms with van der Waals surface area (Å²) in [6.45, 7) is 2.74. The smallest absolute Gasteiger partial charge is 0.255 e. The number of aromatic amines is 1. The Morgan fingerprint density at radius 1 is 1.15 bits per heavy atom. The number of carbonyl (C=O) groups is 1. The average molecular weight is 444 g/mol. The van der Waals surface area contributed by atoms with Gasteiger partial charge >= 0.3 is 0 Å². The lowest BCUT2D eigenvalue weighted by Gasteiger charge is -2.38. The summed E-state index contributed by atoms with van der Waals surface area (Å²) in [4.78, 5) is 23.7. The monoisotopic (exact) mass is 444 g/mol. The normalized spacial score (nSPS) is 18.4. The lowest BCUT2D eigenvalue weighted by Crippen LogP contribution is -2.52. The molecule has 3 heterocycles. The summed E-state index contributed by atoms with van der Waals surface area (Å²) in [6.07, 6.45) is -0.648. The first-order chi connectivity index (χ1) is 16.0. The fourth-order valence-electron chi connectivity index (χ4n) is 3.93. The number of morpholine rings is 1. The van der Waals surface area contributed by atoms with Crippen LogP contribution in [0.2, 0.25) is 0 Å². The largest absolute Gasteiger partial charge is 0.382 e. The van der Waals surface area contributed by atoms with E-state index in [-0.39, 0.29) is 17.9 Å². The molecule has 1 saturated heterocycles. The second-order valence-corrected chi connectivity index (χ2v) is 8.02. The zero-order valence-corrected chi connectivity index (χ0v) is 18.0. The molecule has 1 amide bonds. The van der Waals surface area contributed by atoms with Crippen molar-refractivity contribution in [3.63, 3.8) is 0 Å². The van der Waals surface area contributed by atoms with Crippen LogP contribution < -0.4 is 21.7 Å². The maximum Gasteiger partial charge on any atom is 0.255 e. The predicted octanol–water partition coefficient (Wildman–Crippen LogP) is 2.42. The third-order valence-electron chi connectivity index (χ3n) is 5.68. The Kier molecular flexibility index (Phi) is 5.27. The summed E-state index contributed by atoms with van der Waals surface area (Å²) < 4.78 is 5.82. The van der Waals surface area contributed by atoms with Crippen LogP contribution >= 0.6 is 0 Å². The minimum atomic E-state index is -0.648. The summed E-state index contributed by atoms with van der Waals surface area (Å²) in [5, 5.41) is 10.7. The number of hydrogen-bond donors (Lipinski definition) is 4. The first-order valence-corrected chi connectivity index (χ1v) is 10.6. The first-order valence-electron chi connectivity index (χ1n) is 10.6. The zero-order valence-electron chi connectivity index (χ0n) is 18.0. The van der Waals surface area contributed by atoms with Crippen molar-refractivity contribution >= 4 is 40.1 Å². The molecule has 1 fully saturated rings. The molecule has 1 aliphatic heterocycles. The van der Waals surface area contributed by atoms with E-state index in [9.17, 15) is 4.79 Å². The van der Waals surface area contributed by atoms with Gasteiger partial charge in [0, 0.05) is 22.7 Å². The van der Waals surface area contributed by atoms with Gasteiger partial charge < -0.3 is 26.4 Å². The summed E-state index contributed by atoms with van der Waals surface area (Å²) >= 11 is 0. The Labute approximate surface area is 190 Å². The van der Waals surface area contributed by atoms with E-state index in [1.165, 1.54) is 0 Å². The number of rotatable bonds is 4. The van der Waals surface area contributed by atoms with Gasteiger partial charge in [0.15, 0.2) is 11.9 Å². The second-order valence-electron chi connectivity index (χ2n) is 8.02. The molecule has 2 aromatic carbocycles. The van der Waals surface area contributed by atoms with Crippen molar-refractivity contribution in [2.75, 3.05) is 34.8 Å². The minimum Gasteiger partial charge on any atom is -0.382 e. The maximum absolute atomic E-state index is 12.8. The summed E-state index contributed by atoms with van der Waals surface area (Å²) in [5.74, 6) is 1.02. The van der Waals surface area contributed by atoms with Crippen LogP contribution in [-0.2, 0) is 9.53 Å². The van der Waals surface area contributed by atoms with Gasteiger partial charge in [-0.1, -0.05) is 24.3 Å². The fraction of sp³-hybridized carbons (Fsp3) is 0.217. The molecular formula is C23H24N8O2. The third-order valence-corrected chi connectivity index (χ3v) is 5.68. The molecule has 0 spiro atoms. The second kappa shape index (κ2) is 8.40. The van der Waals surface area contributed by atoms with E-state index in [1.54, 1.807) is 0 Å². The number of ether oxygens (including phenoxy) is 1. The highest BCUT2D eigenvalue weighted by Crippen LogP contribution is 2.29. The number of anilines is 4. The summed E-state index contributed by atoms with van der Waals surface area (Å²) in [5.41, 5.74) is 15.0. The van der Waals surface area contributed by atoms with Crippen LogP contribution in [0.1, 0.15) is 6.92 Å². The number of benzene rings is 2. The number of hydrogen-bond acceptors (Lipinski definition) is 8. The van der Waals surface area contributed by atoms with E-state index in [0.29, 0.717) is 30.5 Å². The van der Waals surface area contributed by atoms with Crippen molar-refractivity contribution in [1.29, 1.82) is 0 Å². The van der Waals surface area contributed by atoms with Crippen LogP contribution in [-0.4, -0.2) is 51.4 Å². The van der Waals surface area contributed by atoms with Crippen molar-refractivity contribution < 1.29 is 9.53 Å². The van der Waals surface area contributed by atoms with Gasteiger partial charge in [-0.2, -0.15) is 10.1 Å². The predicted molar refractivity (Wildman–Crippen MR) is 128 cm³/mol. The average Bonchev–Trinajstić information content (AvgIpc) is 3.19. The molecule has 2 atom stereocenters. The zero-order chi connectivity index (χ0) is 22.9. The van der Waals surface area contributed by atoms with Gasteiger partial charge in [0.2, 0.25) is 5.95 Å².